The number of hydrogen-bond acceptors (Lipinski definition) is 2. The van der Waals surface area contributed by atoms with Crippen molar-refractivity contribution in [2.45, 2.75) is 52.0 Å². The molecule has 2 aromatic rings. The average Bonchev–Trinajstić information content (AvgIpc) is 3.11. The molecule has 0 saturated carbocycles. The molecule has 2 atom stereocenters. The molecular formula is C21H26FNOS. The predicted molar refractivity (Wildman–Crippen MR) is 101 cm³/mol. The first-order chi connectivity index (χ1) is 12.2. The topological polar surface area (TPSA) is 20.3 Å². The standard InChI is InChI=1S/C21H26FNOS/c1-3-5-6-15(4-2)21(24)23-13-11-19-18(12-14-25-19)20(23)16-7-9-17(22)10-8-16/h7-10,12,14-15,20H,3-6,11,13H2,1-2H3/t15-,20-/m0/s1. The van der Waals surface area contributed by atoms with E-state index < -0.39 is 0 Å². The summed E-state index contributed by atoms with van der Waals surface area (Å²) in [7, 11) is 0. The third-order valence-electron chi connectivity index (χ3n) is 5.18. The van der Waals surface area contributed by atoms with Gasteiger partial charge in [0.15, 0.2) is 0 Å². The molecule has 0 spiro atoms. The van der Waals surface area contributed by atoms with E-state index in [9.17, 15) is 9.18 Å². The number of unbranched alkanes of at least 4 members (excludes halogenated alkanes) is 1. The molecule has 0 aliphatic carbocycles. The van der Waals surface area contributed by atoms with Crippen molar-refractivity contribution in [1.29, 1.82) is 0 Å². The highest BCUT2D eigenvalue weighted by Crippen LogP contribution is 2.39. The molecule has 1 aromatic heterocycles. The maximum absolute atomic E-state index is 13.4. The lowest BCUT2D eigenvalue weighted by Crippen LogP contribution is -2.43. The van der Waals surface area contributed by atoms with E-state index in [1.54, 1.807) is 11.3 Å². The van der Waals surface area contributed by atoms with Gasteiger partial charge < -0.3 is 4.90 Å². The van der Waals surface area contributed by atoms with Gasteiger partial charge in [0.25, 0.3) is 0 Å². The Hall–Kier alpha value is -1.68. The molecule has 0 N–H and O–H groups in total. The van der Waals surface area contributed by atoms with Gasteiger partial charge in [0.05, 0.1) is 6.04 Å². The Morgan fingerprint density at radius 3 is 2.72 bits per heavy atom. The number of benzene rings is 1. The van der Waals surface area contributed by atoms with Crippen LogP contribution in [0, 0.1) is 11.7 Å². The average molecular weight is 360 g/mol. The third kappa shape index (κ3) is 3.79. The highest BCUT2D eigenvalue weighted by molar-refractivity contribution is 7.10. The van der Waals surface area contributed by atoms with Crippen molar-refractivity contribution < 1.29 is 9.18 Å². The monoisotopic (exact) mass is 359 g/mol. The fraction of sp³-hybridized carbons (Fsp3) is 0.476. The normalized spacial score (nSPS) is 18.0. The Kier molecular flexibility index (Phi) is 5.89. The van der Waals surface area contributed by atoms with Gasteiger partial charge in [-0.2, -0.15) is 0 Å². The van der Waals surface area contributed by atoms with Crippen LogP contribution in [-0.4, -0.2) is 17.4 Å². The summed E-state index contributed by atoms with van der Waals surface area (Å²) in [6.07, 6.45) is 4.94. The van der Waals surface area contributed by atoms with E-state index >= 15 is 0 Å². The highest BCUT2D eigenvalue weighted by Gasteiger charge is 2.35. The van der Waals surface area contributed by atoms with Gasteiger partial charge in [0.1, 0.15) is 5.82 Å². The molecule has 4 heteroatoms. The van der Waals surface area contributed by atoms with Crippen molar-refractivity contribution in [1.82, 2.24) is 4.90 Å². The van der Waals surface area contributed by atoms with Crippen molar-refractivity contribution in [3.05, 3.63) is 57.5 Å². The zero-order valence-electron chi connectivity index (χ0n) is 15.0. The summed E-state index contributed by atoms with van der Waals surface area (Å²) < 4.78 is 13.4. The van der Waals surface area contributed by atoms with Crippen molar-refractivity contribution >= 4 is 17.2 Å². The Balaban J connectivity index is 1.94. The van der Waals surface area contributed by atoms with Gasteiger partial charge in [0.2, 0.25) is 5.91 Å². The minimum atomic E-state index is -0.239. The zero-order valence-corrected chi connectivity index (χ0v) is 15.8. The lowest BCUT2D eigenvalue weighted by atomic mass is 9.90. The van der Waals surface area contributed by atoms with Crippen molar-refractivity contribution in [3.8, 4) is 0 Å². The van der Waals surface area contributed by atoms with Crippen LogP contribution in [0.1, 0.15) is 61.6 Å². The molecule has 1 amide bonds. The lowest BCUT2D eigenvalue weighted by molar-refractivity contribution is -0.138. The third-order valence-corrected chi connectivity index (χ3v) is 6.18. The molecular weight excluding hydrogens is 333 g/mol. The second-order valence-electron chi connectivity index (χ2n) is 6.78. The number of halogens is 1. The molecule has 0 unspecified atom stereocenters. The Morgan fingerprint density at radius 2 is 2.04 bits per heavy atom. The molecule has 0 radical (unpaired) electrons. The Morgan fingerprint density at radius 1 is 1.28 bits per heavy atom. The van der Waals surface area contributed by atoms with Crippen LogP contribution < -0.4 is 0 Å². The van der Waals surface area contributed by atoms with Gasteiger partial charge in [0, 0.05) is 17.3 Å². The number of thiophene rings is 1. The summed E-state index contributed by atoms with van der Waals surface area (Å²) in [4.78, 5) is 16.7. The van der Waals surface area contributed by atoms with E-state index in [1.807, 2.05) is 17.0 Å². The fourth-order valence-electron chi connectivity index (χ4n) is 3.75. The summed E-state index contributed by atoms with van der Waals surface area (Å²) in [6, 6.07) is 8.67. The summed E-state index contributed by atoms with van der Waals surface area (Å²) in [5, 5.41) is 2.10. The van der Waals surface area contributed by atoms with Gasteiger partial charge in [-0.25, -0.2) is 4.39 Å². The van der Waals surface area contributed by atoms with Crippen LogP contribution in [0.25, 0.3) is 0 Å². The summed E-state index contributed by atoms with van der Waals surface area (Å²) in [6.45, 7) is 5.01. The van der Waals surface area contributed by atoms with Crippen LogP contribution in [0.15, 0.2) is 35.7 Å². The van der Waals surface area contributed by atoms with Gasteiger partial charge in [-0.05, 0) is 54.0 Å². The molecule has 3 rings (SSSR count). The molecule has 1 aliphatic rings. The van der Waals surface area contributed by atoms with E-state index in [0.29, 0.717) is 0 Å². The predicted octanol–water partition coefficient (Wildman–Crippen LogP) is 5.58. The molecule has 2 heterocycles. The number of carbonyl (C=O) groups is 1. The smallest absolute Gasteiger partial charge is 0.226 e. The molecule has 134 valence electrons. The number of rotatable bonds is 6. The van der Waals surface area contributed by atoms with Crippen molar-refractivity contribution in [2.24, 2.45) is 5.92 Å². The summed E-state index contributed by atoms with van der Waals surface area (Å²) in [5.41, 5.74) is 2.21. The number of carbonyl (C=O) groups excluding carboxylic acids is 1. The van der Waals surface area contributed by atoms with E-state index in [2.05, 4.69) is 25.3 Å². The van der Waals surface area contributed by atoms with E-state index in [-0.39, 0.29) is 23.7 Å². The second kappa shape index (κ2) is 8.13. The molecule has 1 aromatic carbocycles. The maximum Gasteiger partial charge on any atom is 0.226 e. The summed E-state index contributed by atoms with van der Waals surface area (Å²) >= 11 is 1.76. The molecule has 25 heavy (non-hydrogen) atoms. The lowest BCUT2D eigenvalue weighted by Gasteiger charge is -2.38. The molecule has 1 aliphatic heterocycles. The minimum absolute atomic E-state index is 0.0845. The van der Waals surface area contributed by atoms with Gasteiger partial charge >= 0.3 is 0 Å². The van der Waals surface area contributed by atoms with Crippen LogP contribution >= 0.6 is 11.3 Å². The Labute approximate surface area is 153 Å². The van der Waals surface area contributed by atoms with Crippen LogP contribution in [0.3, 0.4) is 0 Å². The first-order valence-corrected chi connectivity index (χ1v) is 10.2. The van der Waals surface area contributed by atoms with E-state index in [4.69, 9.17) is 0 Å². The van der Waals surface area contributed by atoms with Crippen molar-refractivity contribution in [2.75, 3.05) is 6.54 Å². The fourth-order valence-corrected chi connectivity index (χ4v) is 4.65. The first kappa shape index (κ1) is 18.1. The number of nitrogens with zero attached hydrogens (tertiary/aromatic N) is 1. The SMILES string of the molecule is CCCC[C@H](CC)C(=O)N1CCc2sccc2[C@@H]1c1ccc(F)cc1. The minimum Gasteiger partial charge on any atom is -0.331 e. The highest BCUT2D eigenvalue weighted by atomic mass is 32.1. The number of fused-ring (bicyclic) bond motifs is 1. The quantitative estimate of drug-likeness (QED) is 0.659. The van der Waals surface area contributed by atoms with Gasteiger partial charge in [-0.1, -0.05) is 38.8 Å². The van der Waals surface area contributed by atoms with Crippen LogP contribution in [0.5, 0.6) is 0 Å². The summed E-state index contributed by atoms with van der Waals surface area (Å²) in [5.74, 6) is 0.0996. The van der Waals surface area contributed by atoms with Crippen LogP contribution in [-0.2, 0) is 11.2 Å². The number of amides is 1. The molecule has 0 saturated heterocycles. The zero-order chi connectivity index (χ0) is 17.8. The number of hydrogen-bond donors (Lipinski definition) is 0. The molecule has 0 bridgehead atoms. The maximum atomic E-state index is 13.4. The Bertz CT molecular complexity index is 709. The first-order valence-electron chi connectivity index (χ1n) is 9.27. The van der Waals surface area contributed by atoms with Crippen molar-refractivity contribution in [3.63, 3.8) is 0 Å². The van der Waals surface area contributed by atoms with Gasteiger partial charge in [-0.3, -0.25) is 4.79 Å². The van der Waals surface area contributed by atoms with E-state index in [1.165, 1.54) is 22.6 Å². The van der Waals surface area contributed by atoms with Crippen LogP contribution in [0.2, 0.25) is 0 Å². The molecule has 0 fully saturated rings. The van der Waals surface area contributed by atoms with Gasteiger partial charge in [-0.15, -0.1) is 11.3 Å². The van der Waals surface area contributed by atoms with E-state index in [0.717, 1.165) is 44.2 Å². The largest absolute Gasteiger partial charge is 0.331 e. The second-order valence-corrected chi connectivity index (χ2v) is 7.78. The molecule has 2 nitrogen and oxygen atoms in total. The van der Waals surface area contributed by atoms with Crippen LogP contribution in [0.4, 0.5) is 4.39 Å².